The molecule has 0 aliphatic rings. The average Bonchev–Trinajstić information content (AvgIpc) is 3.08. The molecule has 0 saturated carbocycles. The zero-order valence-electron chi connectivity index (χ0n) is 13.0. The Labute approximate surface area is 137 Å². The lowest BCUT2D eigenvalue weighted by molar-refractivity contribution is 0.0899. The molecule has 1 atom stereocenters. The van der Waals surface area contributed by atoms with Crippen molar-refractivity contribution in [1.29, 1.82) is 0 Å². The van der Waals surface area contributed by atoms with E-state index in [0.29, 0.717) is 17.9 Å². The van der Waals surface area contributed by atoms with E-state index in [9.17, 15) is 9.59 Å². The Morgan fingerprint density at radius 2 is 2.08 bits per heavy atom. The van der Waals surface area contributed by atoms with Crippen LogP contribution in [0.3, 0.4) is 0 Å². The molecule has 2 aromatic heterocycles. The van der Waals surface area contributed by atoms with Gasteiger partial charge in [-0.15, -0.1) is 0 Å². The second-order valence-corrected chi connectivity index (χ2v) is 5.34. The Bertz CT molecular complexity index is 872. The Morgan fingerprint density at radius 3 is 2.75 bits per heavy atom. The molecule has 24 heavy (non-hydrogen) atoms. The average molecular weight is 324 g/mol. The first-order valence-electron chi connectivity index (χ1n) is 7.45. The molecule has 1 amide bonds. The summed E-state index contributed by atoms with van der Waals surface area (Å²) in [5, 5.41) is 6.44. The molecule has 3 rings (SSSR count). The van der Waals surface area contributed by atoms with E-state index in [0.717, 1.165) is 5.56 Å². The van der Waals surface area contributed by atoms with Gasteiger partial charge in [0.2, 0.25) is 5.76 Å². The standard InChI is InChI=1S/C17H16N4O3/c1-11-19-13(10-16(22)20-11)9-14(12-5-3-2-4-6-12)21-17(23)15-7-8-18-24-15/h2-8,10,14H,9H2,1H3,(H,21,23)(H,19,20,22)/t14-/m1/s1. The van der Waals surface area contributed by atoms with Crippen LogP contribution in [0.2, 0.25) is 0 Å². The predicted molar refractivity (Wildman–Crippen MR) is 86.5 cm³/mol. The number of carbonyl (C=O) groups is 1. The molecule has 1 aromatic carbocycles. The van der Waals surface area contributed by atoms with Crippen LogP contribution < -0.4 is 10.9 Å². The van der Waals surface area contributed by atoms with Gasteiger partial charge in [0.1, 0.15) is 5.82 Å². The summed E-state index contributed by atoms with van der Waals surface area (Å²) in [6.45, 7) is 1.72. The molecule has 0 aliphatic heterocycles. The van der Waals surface area contributed by atoms with Gasteiger partial charge in [-0.1, -0.05) is 35.5 Å². The number of amides is 1. The molecule has 122 valence electrons. The molecule has 0 fully saturated rings. The monoisotopic (exact) mass is 324 g/mol. The number of nitrogens with one attached hydrogen (secondary N) is 2. The Kier molecular flexibility index (Phi) is 4.51. The van der Waals surface area contributed by atoms with Gasteiger partial charge >= 0.3 is 0 Å². The summed E-state index contributed by atoms with van der Waals surface area (Å²) < 4.78 is 4.89. The fraction of sp³-hybridized carbons (Fsp3) is 0.176. The third-order valence-electron chi connectivity index (χ3n) is 3.50. The van der Waals surface area contributed by atoms with E-state index in [4.69, 9.17) is 4.52 Å². The Balaban J connectivity index is 1.87. The molecule has 0 saturated heterocycles. The zero-order chi connectivity index (χ0) is 16.9. The molecule has 2 heterocycles. The number of aryl methyl sites for hydroxylation is 1. The van der Waals surface area contributed by atoms with E-state index >= 15 is 0 Å². The first-order chi connectivity index (χ1) is 11.6. The third kappa shape index (κ3) is 3.75. The van der Waals surface area contributed by atoms with Crippen molar-refractivity contribution in [1.82, 2.24) is 20.4 Å². The van der Waals surface area contributed by atoms with Gasteiger partial charge in [-0.05, 0) is 12.5 Å². The molecule has 2 N–H and O–H groups in total. The molecule has 7 heteroatoms. The second-order valence-electron chi connectivity index (χ2n) is 5.34. The fourth-order valence-corrected chi connectivity index (χ4v) is 2.45. The van der Waals surface area contributed by atoms with Gasteiger partial charge in [0, 0.05) is 18.6 Å². The Morgan fingerprint density at radius 1 is 1.29 bits per heavy atom. The summed E-state index contributed by atoms with van der Waals surface area (Å²) >= 11 is 0. The van der Waals surface area contributed by atoms with Gasteiger partial charge in [0.15, 0.2) is 0 Å². The van der Waals surface area contributed by atoms with Crippen LogP contribution in [0.1, 0.15) is 33.7 Å². The minimum atomic E-state index is -0.372. The molecular weight excluding hydrogens is 308 g/mol. The summed E-state index contributed by atoms with van der Waals surface area (Å²) in [4.78, 5) is 30.8. The highest BCUT2D eigenvalue weighted by molar-refractivity contribution is 5.91. The number of benzene rings is 1. The molecule has 0 bridgehead atoms. The highest BCUT2D eigenvalue weighted by atomic mass is 16.5. The maximum absolute atomic E-state index is 12.3. The minimum absolute atomic E-state index is 0.131. The van der Waals surface area contributed by atoms with Gasteiger partial charge in [0.05, 0.1) is 17.9 Å². The van der Waals surface area contributed by atoms with Crippen LogP contribution in [0.25, 0.3) is 0 Å². The highest BCUT2D eigenvalue weighted by Crippen LogP contribution is 2.18. The van der Waals surface area contributed by atoms with Crippen LogP contribution in [0.5, 0.6) is 0 Å². The van der Waals surface area contributed by atoms with Gasteiger partial charge in [-0.3, -0.25) is 9.59 Å². The van der Waals surface area contributed by atoms with E-state index < -0.39 is 0 Å². The van der Waals surface area contributed by atoms with Crippen molar-refractivity contribution in [3.63, 3.8) is 0 Å². The molecule has 0 radical (unpaired) electrons. The van der Waals surface area contributed by atoms with Gasteiger partial charge in [0.25, 0.3) is 11.5 Å². The number of H-pyrrole nitrogens is 1. The highest BCUT2D eigenvalue weighted by Gasteiger charge is 2.19. The summed E-state index contributed by atoms with van der Waals surface area (Å²) in [5.41, 5.74) is 1.29. The maximum atomic E-state index is 12.3. The molecule has 3 aromatic rings. The van der Waals surface area contributed by atoms with Crippen LogP contribution in [0.15, 0.2) is 58.0 Å². The predicted octanol–water partition coefficient (Wildman–Crippen LogP) is 1.78. The van der Waals surface area contributed by atoms with E-state index in [-0.39, 0.29) is 23.3 Å². The number of hydrogen-bond acceptors (Lipinski definition) is 5. The number of aromatic amines is 1. The molecule has 0 spiro atoms. The lowest BCUT2D eigenvalue weighted by atomic mass is 10.0. The van der Waals surface area contributed by atoms with Crippen molar-refractivity contribution < 1.29 is 9.32 Å². The lowest BCUT2D eigenvalue weighted by Crippen LogP contribution is -2.30. The summed E-state index contributed by atoms with van der Waals surface area (Å²) in [6, 6.07) is 12.1. The topological polar surface area (TPSA) is 101 Å². The number of hydrogen-bond donors (Lipinski definition) is 2. The van der Waals surface area contributed by atoms with Crippen LogP contribution >= 0.6 is 0 Å². The van der Waals surface area contributed by atoms with Gasteiger partial charge < -0.3 is 14.8 Å². The van der Waals surface area contributed by atoms with Gasteiger partial charge in [-0.25, -0.2) is 4.98 Å². The van der Waals surface area contributed by atoms with Gasteiger partial charge in [-0.2, -0.15) is 0 Å². The number of rotatable bonds is 5. The minimum Gasteiger partial charge on any atom is -0.351 e. The molecular formula is C17H16N4O3. The largest absolute Gasteiger partial charge is 0.351 e. The van der Waals surface area contributed by atoms with Crippen molar-refractivity contribution in [2.75, 3.05) is 0 Å². The lowest BCUT2D eigenvalue weighted by Gasteiger charge is -2.18. The molecule has 0 aliphatic carbocycles. The van der Waals surface area contributed by atoms with Crippen LogP contribution in [-0.4, -0.2) is 21.0 Å². The van der Waals surface area contributed by atoms with E-state index in [1.807, 2.05) is 30.3 Å². The van der Waals surface area contributed by atoms with E-state index in [1.54, 1.807) is 6.92 Å². The molecule has 0 unspecified atom stereocenters. The smallest absolute Gasteiger partial charge is 0.290 e. The number of aromatic nitrogens is 3. The summed E-state index contributed by atoms with van der Waals surface area (Å²) in [6.07, 6.45) is 1.79. The third-order valence-corrected chi connectivity index (χ3v) is 3.50. The van der Waals surface area contributed by atoms with E-state index in [2.05, 4.69) is 20.4 Å². The first kappa shape index (κ1) is 15.7. The van der Waals surface area contributed by atoms with Crippen molar-refractivity contribution in [2.24, 2.45) is 0 Å². The quantitative estimate of drug-likeness (QED) is 0.745. The SMILES string of the molecule is Cc1nc(C[C@@H](NC(=O)c2ccno2)c2ccccc2)cc(=O)[nH]1. The normalized spacial score (nSPS) is 11.9. The van der Waals surface area contributed by atoms with Crippen LogP contribution in [-0.2, 0) is 6.42 Å². The van der Waals surface area contributed by atoms with Crippen LogP contribution in [0, 0.1) is 6.92 Å². The maximum Gasteiger partial charge on any atom is 0.290 e. The van der Waals surface area contributed by atoms with Crippen molar-refractivity contribution in [2.45, 2.75) is 19.4 Å². The first-order valence-corrected chi connectivity index (χ1v) is 7.45. The van der Waals surface area contributed by atoms with Crippen molar-refractivity contribution >= 4 is 5.91 Å². The Hall–Kier alpha value is -3.22. The molecule has 7 nitrogen and oxygen atoms in total. The summed E-state index contributed by atoms with van der Waals surface area (Å²) in [5.74, 6) is 0.291. The number of carbonyl (C=O) groups excluding carboxylic acids is 1. The number of nitrogens with zero attached hydrogens (tertiary/aromatic N) is 2. The summed E-state index contributed by atoms with van der Waals surface area (Å²) in [7, 11) is 0. The zero-order valence-corrected chi connectivity index (χ0v) is 13.0. The van der Waals surface area contributed by atoms with E-state index in [1.165, 1.54) is 18.3 Å². The van der Waals surface area contributed by atoms with Crippen molar-refractivity contribution in [3.05, 3.63) is 81.9 Å². The second kappa shape index (κ2) is 6.91. The van der Waals surface area contributed by atoms with Crippen LogP contribution in [0.4, 0.5) is 0 Å². The fourth-order valence-electron chi connectivity index (χ4n) is 2.45. The van der Waals surface area contributed by atoms with Crippen molar-refractivity contribution in [3.8, 4) is 0 Å².